The SMILES string of the molecule is C#CCOCc1c(C)nn(C)c1Cl. The van der Waals surface area contributed by atoms with Crippen molar-refractivity contribution in [3.8, 4) is 12.3 Å². The molecule has 0 radical (unpaired) electrons. The maximum atomic E-state index is 5.96. The standard InChI is InChI=1S/C9H11ClN2O/c1-4-5-13-6-8-7(2)11-12(3)9(8)10/h1H,5-6H2,2-3H3. The molecule has 13 heavy (non-hydrogen) atoms. The lowest BCUT2D eigenvalue weighted by atomic mass is 10.3. The normalized spacial score (nSPS) is 10.0. The van der Waals surface area contributed by atoms with Crippen molar-refractivity contribution in [3.63, 3.8) is 0 Å². The zero-order valence-corrected chi connectivity index (χ0v) is 8.43. The van der Waals surface area contributed by atoms with Gasteiger partial charge in [0.25, 0.3) is 0 Å². The Labute approximate surface area is 82.6 Å². The maximum absolute atomic E-state index is 5.96. The van der Waals surface area contributed by atoms with E-state index in [1.165, 1.54) is 0 Å². The van der Waals surface area contributed by atoms with E-state index in [0.717, 1.165) is 11.3 Å². The fourth-order valence-corrected chi connectivity index (χ4v) is 1.28. The highest BCUT2D eigenvalue weighted by atomic mass is 35.5. The number of rotatable bonds is 3. The van der Waals surface area contributed by atoms with Crippen molar-refractivity contribution in [2.24, 2.45) is 7.05 Å². The summed E-state index contributed by atoms with van der Waals surface area (Å²) in [7, 11) is 1.79. The third-order valence-electron chi connectivity index (χ3n) is 1.70. The van der Waals surface area contributed by atoms with Gasteiger partial charge in [0, 0.05) is 12.6 Å². The Balaban J connectivity index is 2.71. The van der Waals surface area contributed by atoms with Crippen LogP contribution >= 0.6 is 11.6 Å². The van der Waals surface area contributed by atoms with Crippen molar-refractivity contribution in [3.05, 3.63) is 16.4 Å². The van der Waals surface area contributed by atoms with Crippen LogP contribution in [0.4, 0.5) is 0 Å². The molecule has 0 unspecified atom stereocenters. The molecule has 3 nitrogen and oxygen atoms in total. The van der Waals surface area contributed by atoms with Gasteiger partial charge in [0.2, 0.25) is 0 Å². The Morgan fingerprint density at radius 1 is 1.69 bits per heavy atom. The highest BCUT2D eigenvalue weighted by Crippen LogP contribution is 2.19. The fourth-order valence-electron chi connectivity index (χ4n) is 1.05. The molecular weight excluding hydrogens is 188 g/mol. The number of hydrogen-bond acceptors (Lipinski definition) is 2. The van der Waals surface area contributed by atoms with Crippen LogP contribution in [0.25, 0.3) is 0 Å². The molecule has 1 rings (SSSR count). The van der Waals surface area contributed by atoms with Crippen LogP contribution in [0.1, 0.15) is 11.3 Å². The van der Waals surface area contributed by atoms with Gasteiger partial charge in [-0.3, -0.25) is 4.68 Å². The highest BCUT2D eigenvalue weighted by molar-refractivity contribution is 6.30. The summed E-state index contributed by atoms with van der Waals surface area (Å²) in [5.41, 5.74) is 1.78. The Morgan fingerprint density at radius 3 is 2.85 bits per heavy atom. The van der Waals surface area contributed by atoms with E-state index in [1.54, 1.807) is 11.7 Å². The van der Waals surface area contributed by atoms with Crippen molar-refractivity contribution in [2.75, 3.05) is 6.61 Å². The van der Waals surface area contributed by atoms with E-state index in [2.05, 4.69) is 11.0 Å². The molecule has 1 aromatic rings. The lowest BCUT2D eigenvalue weighted by Gasteiger charge is -1.99. The van der Waals surface area contributed by atoms with Crippen LogP contribution < -0.4 is 0 Å². The zero-order valence-electron chi connectivity index (χ0n) is 7.67. The van der Waals surface area contributed by atoms with Gasteiger partial charge in [-0.05, 0) is 6.92 Å². The van der Waals surface area contributed by atoms with Crippen LogP contribution in [0, 0.1) is 19.3 Å². The predicted molar refractivity (Wildman–Crippen MR) is 51.4 cm³/mol. The van der Waals surface area contributed by atoms with Gasteiger partial charge in [-0.2, -0.15) is 5.10 Å². The first-order chi connectivity index (χ1) is 6.16. The number of hydrogen-bond donors (Lipinski definition) is 0. The first kappa shape index (κ1) is 10.1. The van der Waals surface area contributed by atoms with Crippen molar-refractivity contribution < 1.29 is 4.74 Å². The van der Waals surface area contributed by atoms with Gasteiger partial charge in [0.1, 0.15) is 11.8 Å². The summed E-state index contributed by atoms with van der Waals surface area (Å²) >= 11 is 5.96. The lowest BCUT2D eigenvalue weighted by Crippen LogP contribution is -1.94. The maximum Gasteiger partial charge on any atom is 0.132 e. The molecule has 1 heterocycles. The summed E-state index contributed by atoms with van der Waals surface area (Å²) in [6.07, 6.45) is 5.05. The molecule has 0 N–H and O–H groups in total. The Morgan fingerprint density at radius 2 is 2.38 bits per heavy atom. The molecule has 0 bridgehead atoms. The third-order valence-corrected chi connectivity index (χ3v) is 2.17. The molecular formula is C9H11ClN2O. The molecule has 0 atom stereocenters. The smallest absolute Gasteiger partial charge is 0.132 e. The van der Waals surface area contributed by atoms with Gasteiger partial charge >= 0.3 is 0 Å². The van der Waals surface area contributed by atoms with Gasteiger partial charge in [0.05, 0.1) is 12.3 Å². The molecule has 70 valence electrons. The van der Waals surface area contributed by atoms with Crippen LogP contribution in [0.3, 0.4) is 0 Å². The molecule has 0 aromatic carbocycles. The van der Waals surface area contributed by atoms with E-state index in [-0.39, 0.29) is 0 Å². The second-order valence-electron chi connectivity index (χ2n) is 2.68. The summed E-state index contributed by atoms with van der Waals surface area (Å²) in [6.45, 7) is 2.60. The minimum atomic E-state index is 0.296. The van der Waals surface area contributed by atoms with Crippen LogP contribution in [-0.2, 0) is 18.4 Å². The second-order valence-corrected chi connectivity index (χ2v) is 3.03. The van der Waals surface area contributed by atoms with E-state index >= 15 is 0 Å². The average molecular weight is 199 g/mol. The molecule has 0 saturated carbocycles. The number of terminal acetylenes is 1. The van der Waals surface area contributed by atoms with Gasteiger partial charge in [-0.25, -0.2) is 0 Å². The quantitative estimate of drug-likeness (QED) is 0.544. The van der Waals surface area contributed by atoms with Gasteiger partial charge < -0.3 is 4.74 Å². The Hall–Kier alpha value is -0.980. The molecule has 4 heteroatoms. The van der Waals surface area contributed by atoms with Crippen molar-refractivity contribution in [1.82, 2.24) is 9.78 Å². The zero-order chi connectivity index (χ0) is 9.84. The van der Waals surface area contributed by atoms with E-state index in [9.17, 15) is 0 Å². The molecule has 1 aromatic heterocycles. The monoisotopic (exact) mass is 198 g/mol. The molecule has 0 amide bonds. The summed E-state index contributed by atoms with van der Waals surface area (Å²) in [4.78, 5) is 0. The number of nitrogens with zero attached hydrogens (tertiary/aromatic N) is 2. The van der Waals surface area contributed by atoms with Gasteiger partial charge in [-0.15, -0.1) is 6.42 Å². The van der Waals surface area contributed by atoms with E-state index in [4.69, 9.17) is 22.8 Å². The molecule has 0 aliphatic carbocycles. The molecule has 0 aliphatic heterocycles. The van der Waals surface area contributed by atoms with Gasteiger partial charge in [-0.1, -0.05) is 17.5 Å². The summed E-state index contributed by atoms with van der Waals surface area (Å²) in [5, 5.41) is 4.75. The number of aromatic nitrogens is 2. The van der Waals surface area contributed by atoms with Crippen LogP contribution in [0.15, 0.2) is 0 Å². The summed E-state index contributed by atoms with van der Waals surface area (Å²) < 4.78 is 6.79. The third kappa shape index (κ3) is 2.24. The summed E-state index contributed by atoms with van der Waals surface area (Å²) in [5.74, 6) is 2.39. The molecule has 0 aliphatic rings. The molecule has 0 fully saturated rings. The van der Waals surface area contributed by atoms with Crippen LogP contribution in [0.5, 0.6) is 0 Å². The van der Waals surface area contributed by atoms with E-state index < -0.39 is 0 Å². The fraction of sp³-hybridized carbons (Fsp3) is 0.444. The minimum absolute atomic E-state index is 0.296. The summed E-state index contributed by atoms with van der Waals surface area (Å²) in [6, 6.07) is 0. The topological polar surface area (TPSA) is 27.1 Å². The van der Waals surface area contributed by atoms with Gasteiger partial charge in [0.15, 0.2) is 0 Å². The van der Waals surface area contributed by atoms with Crippen molar-refractivity contribution in [1.29, 1.82) is 0 Å². The minimum Gasteiger partial charge on any atom is -0.364 e. The Bertz CT molecular complexity index is 338. The van der Waals surface area contributed by atoms with Crippen LogP contribution in [-0.4, -0.2) is 16.4 Å². The van der Waals surface area contributed by atoms with E-state index in [0.29, 0.717) is 18.4 Å². The first-order valence-corrected chi connectivity index (χ1v) is 4.23. The predicted octanol–water partition coefficient (Wildman–Crippen LogP) is 1.53. The lowest BCUT2D eigenvalue weighted by molar-refractivity contribution is 0.153. The largest absolute Gasteiger partial charge is 0.364 e. The number of aryl methyl sites for hydroxylation is 2. The van der Waals surface area contributed by atoms with Crippen molar-refractivity contribution in [2.45, 2.75) is 13.5 Å². The number of ether oxygens (including phenoxy) is 1. The molecule has 0 saturated heterocycles. The Kier molecular flexibility index (Phi) is 3.35. The highest BCUT2D eigenvalue weighted by Gasteiger charge is 2.10. The molecule has 0 spiro atoms. The van der Waals surface area contributed by atoms with Crippen LogP contribution in [0.2, 0.25) is 5.15 Å². The second kappa shape index (κ2) is 4.31. The number of halogens is 1. The van der Waals surface area contributed by atoms with E-state index in [1.807, 2.05) is 6.92 Å². The average Bonchev–Trinajstić information content (AvgIpc) is 2.32. The first-order valence-electron chi connectivity index (χ1n) is 3.86. The van der Waals surface area contributed by atoms with Crippen molar-refractivity contribution >= 4 is 11.6 Å².